The van der Waals surface area contributed by atoms with E-state index < -0.39 is 0 Å². The Hall–Kier alpha value is -0.600. The monoisotopic (exact) mass is 97.0 g/mol. The average molecular weight is 97.1 g/mol. The molecule has 0 saturated heterocycles. The van der Waals surface area contributed by atoms with Gasteiger partial charge in [-0.3, -0.25) is 0 Å². The van der Waals surface area contributed by atoms with E-state index in [4.69, 9.17) is 11.7 Å². The fraction of sp³-hybridized carbons (Fsp3) is 0.250. The van der Waals surface area contributed by atoms with Crippen LogP contribution in [0.15, 0.2) is 0 Å². The van der Waals surface area contributed by atoms with Gasteiger partial charge >= 0.3 is 0 Å². The standard InChI is InChI=1S/C4H3NS/c1-2-3-6-4-5/h1H,3H2. The van der Waals surface area contributed by atoms with Gasteiger partial charge in [0.05, 0.1) is 5.75 Å². The van der Waals surface area contributed by atoms with Crippen LogP contribution in [0, 0.1) is 23.0 Å². The second kappa shape index (κ2) is 4.40. The molecule has 0 aromatic carbocycles. The number of hydrogen-bond donors (Lipinski definition) is 0. The molecule has 6 heavy (non-hydrogen) atoms. The maximum absolute atomic E-state index is 7.81. The first-order chi connectivity index (χ1) is 2.91. The summed E-state index contributed by atoms with van der Waals surface area (Å²) in [5, 5.41) is 9.66. The molecule has 0 N–H and O–H groups in total. The highest BCUT2D eigenvalue weighted by Gasteiger charge is 1.69. The highest BCUT2D eigenvalue weighted by Crippen LogP contribution is 1.89. The molecule has 0 radical (unpaired) electrons. The Balaban J connectivity index is 2.78. The summed E-state index contributed by atoms with van der Waals surface area (Å²) in [6, 6.07) is 0. The molecule has 0 heterocycles. The maximum atomic E-state index is 7.81. The average Bonchev–Trinajstić information content (AvgIpc) is 1.61. The van der Waals surface area contributed by atoms with E-state index in [1.807, 2.05) is 5.40 Å². The Labute approximate surface area is 41.3 Å². The minimum absolute atomic E-state index is 0.497. The van der Waals surface area contributed by atoms with Crippen molar-refractivity contribution < 1.29 is 0 Å². The van der Waals surface area contributed by atoms with Crippen molar-refractivity contribution in [3.63, 3.8) is 0 Å². The zero-order valence-electron chi connectivity index (χ0n) is 3.14. The molecule has 0 aliphatic rings. The first kappa shape index (κ1) is 5.40. The summed E-state index contributed by atoms with van der Waals surface area (Å²) >= 11 is 1.08. The highest BCUT2D eigenvalue weighted by molar-refractivity contribution is 8.03. The van der Waals surface area contributed by atoms with Crippen LogP contribution in [-0.2, 0) is 0 Å². The minimum atomic E-state index is 0.497. The number of thiocyanates is 1. The van der Waals surface area contributed by atoms with Gasteiger partial charge in [-0.05, 0) is 11.8 Å². The third-order valence-electron chi connectivity index (χ3n) is 0.220. The predicted molar refractivity (Wildman–Crippen MR) is 26.9 cm³/mol. The third-order valence-corrected chi connectivity index (χ3v) is 0.660. The topological polar surface area (TPSA) is 23.8 Å². The number of nitriles is 1. The van der Waals surface area contributed by atoms with Crippen molar-refractivity contribution in [3.05, 3.63) is 0 Å². The second-order valence-electron chi connectivity index (χ2n) is 0.584. The van der Waals surface area contributed by atoms with E-state index in [1.54, 1.807) is 0 Å². The number of hydrogen-bond acceptors (Lipinski definition) is 2. The Kier molecular flexibility index (Phi) is 3.96. The van der Waals surface area contributed by atoms with Gasteiger partial charge in [0.1, 0.15) is 5.40 Å². The fourth-order valence-electron chi connectivity index (χ4n) is 0.0739. The molecule has 30 valence electrons. The van der Waals surface area contributed by atoms with Gasteiger partial charge in [0.25, 0.3) is 0 Å². The van der Waals surface area contributed by atoms with Crippen LogP contribution < -0.4 is 0 Å². The van der Waals surface area contributed by atoms with E-state index in [-0.39, 0.29) is 0 Å². The quantitative estimate of drug-likeness (QED) is 0.275. The molecule has 0 saturated carbocycles. The van der Waals surface area contributed by atoms with Crippen molar-refractivity contribution in [2.24, 2.45) is 0 Å². The summed E-state index contributed by atoms with van der Waals surface area (Å²) < 4.78 is 0. The van der Waals surface area contributed by atoms with Crippen LogP contribution in [-0.4, -0.2) is 5.75 Å². The third kappa shape index (κ3) is 3.40. The summed E-state index contributed by atoms with van der Waals surface area (Å²) in [6.45, 7) is 0. The summed E-state index contributed by atoms with van der Waals surface area (Å²) in [6.07, 6.45) is 4.79. The van der Waals surface area contributed by atoms with Crippen molar-refractivity contribution in [2.75, 3.05) is 5.75 Å². The van der Waals surface area contributed by atoms with Crippen molar-refractivity contribution in [1.29, 1.82) is 5.26 Å². The van der Waals surface area contributed by atoms with E-state index in [9.17, 15) is 0 Å². The number of nitrogens with zero attached hydrogens (tertiary/aromatic N) is 1. The van der Waals surface area contributed by atoms with Crippen LogP contribution in [0.25, 0.3) is 0 Å². The minimum Gasteiger partial charge on any atom is -0.185 e. The lowest BCUT2D eigenvalue weighted by Gasteiger charge is -1.67. The van der Waals surface area contributed by atoms with Crippen LogP contribution in [0.4, 0.5) is 0 Å². The van der Waals surface area contributed by atoms with Crippen molar-refractivity contribution >= 4 is 11.8 Å². The fourth-order valence-corrected chi connectivity index (χ4v) is 0.222. The van der Waals surface area contributed by atoms with Gasteiger partial charge in [-0.1, -0.05) is 5.92 Å². The second-order valence-corrected chi connectivity index (χ2v) is 1.34. The van der Waals surface area contributed by atoms with Crippen molar-refractivity contribution in [2.45, 2.75) is 0 Å². The Morgan fingerprint density at radius 3 is 2.67 bits per heavy atom. The van der Waals surface area contributed by atoms with Gasteiger partial charge in [-0.2, -0.15) is 5.26 Å². The molecule has 0 aliphatic heterocycles. The molecule has 0 aliphatic carbocycles. The Morgan fingerprint density at radius 2 is 2.50 bits per heavy atom. The molecule has 0 unspecified atom stereocenters. The van der Waals surface area contributed by atoms with E-state index in [2.05, 4.69) is 5.92 Å². The van der Waals surface area contributed by atoms with Gasteiger partial charge in [-0.15, -0.1) is 6.42 Å². The lowest BCUT2D eigenvalue weighted by Crippen LogP contribution is -1.59. The van der Waals surface area contributed by atoms with E-state index in [1.165, 1.54) is 0 Å². The lowest BCUT2D eigenvalue weighted by atomic mass is 10.8. The van der Waals surface area contributed by atoms with Crippen molar-refractivity contribution in [1.82, 2.24) is 0 Å². The smallest absolute Gasteiger partial charge is 0.134 e. The first-order valence-electron chi connectivity index (χ1n) is 1.36. The molecular weight excluding hydrogens is 94.1 g/mol. The van der Waals surface area contributed by atoms with Crippen LogP contribution in [0.2, 0.25) is 0 Å². The van der Waals surface area contributed by atoms with Crippen LogP contribution in [0.5, 0.6) is 0 Å². The predicted octanol–water partition coefficient (Wildman–Crippen LogP) is 0.834. The van der Waals surface area contributed by atoms with Gasteiger partial charge in [-0.25, -0.2) is 0 Å². The number of rotatable bonds is 1. The largest absolute Gasteiger partial charge is 0.185 e. The molecule has 0 spiro atoms. The summed E-state index contributed by atoms with van der Waals surface area (Å²) in [7, 11) is 0. The molecule has 0 amide bonds. The molecule has 0 aromatic heterocycles. The highest BCUT2D eigenvalue weighted by atomic mass is 32.2. The SMILES string of the molecule is C#CCSC#N. The Bertz CT molecular complexity index is 81.1. The first-order valence-corrected chi connectivity index (χ1v) is 2.34. The van der Waals surface area contributed by atoms with Gasteiger partial charge < -0.3 is 0 Å². The van der Waals surface area contributed by atoms with Gasteiger partial charge in [0.15, 0.2) is 0 Å². The van der Waals surface area contributed by atoms with E-state index >= 15 is 0 Å². The van der Waals surface area contributed by atoms with E-state index in [0.29, 0.717) is 5.75 Å². The van der Waals surface area contributed by atoms with E-state index in [0.717, 1.165) is 11.8 Å². The Morgan fingerprint density at radius 1 is 1.83 bits per heavy atom. The molecule has 0 rings (SSSR count). The van der Waals surface area contributed by atoms with Crippen molar-refractivity contribution in [3.8, 4) is 17.7 Å². The van der Waals surface area contributed by atoms with Crippen LogP contribution in [0.1, 0.15) is 0 Å². The van der Waals surface area contributed by atoms with Crippen LogP contribution in [0.3, 0.4) is 0 Å². The maximum Gasteiger partial charge on any atom is 0.134 e. The molecule has 0 fully saturated rings. The molecule has 0 aromatic rings. The molecule has 0 atom stereocenters. The molecular formula is C4H3NS. The molecule has 1 nitrogen and oxygen atoms in total. The summed E-state index contributed by atoms with van der Waals surface area (Å²) in [5.41, 5.74) is 0. The molecule has 2 heteroatoms. The van der Waals surface area contributed by atoms with Gasteiger partial charge in [0, 0.05) is 0 Å². The lowest BCUT2D eigenvalue weighted by molar-refractivity contribution is 1.57. The molecule has 0 bridgehead atoms. The van der Waals surface area contributed by atoms with Gasteiger partial charge in [0.2, 0.25) is 0 Å². The number of thioether (sulfide) groups is 1. The zero-order valence-corrected chi connectivity index (χ0v) is 3.96. The summed E-state index contributed by atoms with van der Waals surface area (Å²) in [5.74, 6) is 2.81. The number of terminal acetylenes is 1. The normalized spacial score (nSPS) is 5.67. The summed E-state index contributed by atoms with van der Waals surface area (Å²) in [4.78, 5) is 0. The van der Waals surface area contributed by atoms with Crippen LogP contribution >= 0.6 is 11.8 Å². The zero-order chi connectivity index (χ0) is 4.83.